The molecule has 0 atom stereocenters. The molecule has 2 saturated carbocycles. The molecule has 0 spiro atoms. The number of aromatic nitrogens is 1. The van der Waals surface area contributed by atoms with Crippen LogP contribution in [0.1, 0.15) is 60.4 Å². The Labute approximate surface area is 222 Å². The third-order valence-corrected chi connectivity index (χ3v) is 8.57. The normalized spacial score (nSPS) is 20.2. The average molecular weight is 547 g/mol. The Hall–Kier alpha value is -3.14. The molecule has 2 N–H and O–H groups in total. The van der Waals surface area contributed by atoms with Crippen LogP contribution in [0.25, 0.3) is 21.2 Å². The van der Waals surface area contributed by atoms with Crippen molar-refractivity contribution in [2.75, 3.05) is 6.61 Å². The van der Waals surface area contributed by atoms with Crippen LogP contribution in [0.3, 0.4) is 0 Å². The molecule has 1 aromatic heterocycles. The van der Waals surface area contributed by atoms with Crippen molar-refractivity contribution in [3.63, 3.8) is 0 Å². The lowest BCUT2D eigenvalue weighted by Crippen LogP contribution is -2.46. The van der Waals surface area contributed by atoms with Crippen molar-refractivity contribution < 1.29 is 32.6 Å². The number of aliphatic carboxylic acids is 1. The van der Waals surface area contributed by atoms with E-state index in [1.807, 2.05) is 12.1 Å². The van der Waals surface area contributed by atoms with Crippen LogP contribution < -0.4 is 10.1 Å². The van der Waals surface area contributed by atoms with Crippen LogP contribution in [-0.4, -0.2) is 40.8 Å². The molecule has 10 heteroatoms. The van der Waals surface area contributed by atoms with Gasteiger partial charge < -0.3 is 15.2 Å². The maximum atomic E-state index is 13.1. The van der Waals surface area contributed by atoms with E-state index in [4.69, 9.17) is 14.8 Å². The molecule has 5 rings (SSSR count). The Morgan fingerprint density at radius 1 is 1.05 bits per heavy atom. The van der Waals surface area contributed by atoms with E-state index < -0.39 is 24.7 Å². The summed E-state index contributed by atoms with van der Waals surface area (Å²) in [6.45, 7) is -1.38. The number of nitrogens with one attached hydrogen (secondary N) is 1. The highest BCUT2D eigenvalue weighted by Gasteiger charge is 2.36. The number of hydrogen-bond donors (Lipinski definition) is 2. The quantitative estimate of drug-likeness (QED) is 0.332. The molecule has 3 aromatic rings. The number of carbonyl (C=O) groups is 2. The maximum Gasteiger partial charge on any atom is 0.422 e. The maximum absolute atomic E-state index is 13.1. The van der Waals surface area contributed by atoms with Gasteiger partial charge in [-0.05, 0) is 42.7 Å². The second kappa shape index (κ2) is 10.9. The Balaban J connectivity index is 1.47. The number of carbonyl (C=O) groups excluding carboxylic acids is 1. The lowest BCUT2D eigenvalue weighted by molar-refractivity contribution is -0.153. The van der Waals surface area contributed by atoms with Crippen LogP contribution in [0.4, 0.5) is 13.2 Å². The van der Waals surface area contributed by atoms with Gasteiger partial charge in [-0.1, -0.05) is 56.4 Å². The first-order valence-electron chi connectivity index (χ1n) is 12.9. The number of nitrogens with zero attached hydrogens (tertiary/aromatic N) is 1. The van der Waals surface area contributed by atoms with E-state index in [1.165, 1.54) is 17.8 Å². The van der Waals surface area contributed by atoms with Gasteiger partial charge in [0.2, 0.25) is 0 Å². The van der Waals surface area contributed by atoms with Gasteiger partial charge in [0.05, 0.1) is 16.5 Å². The fraction of sp³-hybridized carbons (Fsp3) is 0.464. The highest BCUT2D eigenvalue weighted by Crippen LogP contribution is 2.41. The van der Waals surface area contributed by atoms with Crippen molar-refractivity contribution in [1.29, 1.82) is 0 Å². The fourth-order valence-electron chi connectivity index (χ4n) is 5.40. The summed E-state index contributed by atoms with van der Waals surface area (Å²) in [6, 6.07) is 10.3. The molecule has 2 aromatic carbocycles. The Kier molecular flexibility index (Phi) is 7.61. The molecule has 0 bridgehead atoms. The van der Waals surface area contributed by atoms with Crippen molar-refractivity contribution >= 4 is 34.0 Å². The van der Waals surface area contributed by atoms with Crippen molar-refractivity contribution in [3.05, 3.63) is 47.1 Å². The second-order valence-electron chi connectivity index (χ2n) is 10.2. The van der Waals surface area contributed by atoms with Crippen molar-refractivity contribution in [2.24, 2.45) is 11.8 Å². The predicted molar refractivity (Wildman–Crippen MR) is 138 cm³/mol. The van der Waals surface area contributed by atoms with Gasteiger partial charge in [0.25, 0.3) is 5.91 Å². The lowest BCUT2D eigenvalue weighted by Gasteiger charge is -2.32. The molecule has 6 nitrogen and oxygen atoms in total. The summed E-state index contributed by atoms with van der Waals surface area (Å²) in [5.74, 6) is -0.996. The molecule has 0 unspecified atom stereocenters. The molecular formula is C28H29F3N2O4S. The summed E-state index contributed by atoms with van der Waals surface area (Å²) in [5, 5.41) is 13.6. The Morgan fingerprint density at radius 3 is 2.45 bits per heavy atom. The van der Waals surface area contributed by atoms with Gasteiger partial charge in [0.15, 0.2) is 11.6 Å². The van der Waals surface area contributed by atoms with Gasteiger partial charge in [-0.25, -0.2) is 4.98 Å². The zero-order valence-corrected chi connectivity index (χ0v) is 21.5. The molecule has 38 heavy (non-hydrogen) atoms. The van der Waals surface area contributed by atoms with Crippen molar-refractivity contribution in [1.82, 2.24) is 10.3 Å². The van der Waals surface area contributed by atoms with E-state index in [1.54, 1.807) is 24.3 Å². The molecule has 0 aliphatic heterocycles. The van der Waals surface area contributed by atoms with Gasteiger partial charge in [0, 0.05) is 17.0 Å². The van der Waals surface area contributed by atoms with Gasteiger partial charge >= 0.3 is 12.1 Å². The molecule has 2 aliphatic carbocycles. The van der Waals surface area contributed by atoms with Gasteiger partial charge in [-0.3, -0.25) is 9.59 Å². The minimum absolute atomic E-state index is 0.149. The molecule has 1 amide bonds. The number of amides is 1. The van der Waals surface area contributed by atoms with Crippen LogP contribution >= 0.6 is 11.3 Å². The first-order valence-corrected chi connectivity index (χ1v) is 13.7. The zero-order chi connectivity index (χ0) is 26.9. The highest BCUT2D eigenvalue weighted by molar-refractivity contribution is 7.17. The molecule has 202 valence electrons. The zero-order valence-electron chi connectivity index (χ0n) is 20.7. The summed E-state index contributed by atoms with van der Waals surface area (Å²) in [5.41, 5.74) is 1.62. The number of carboxylic acids is 1. The third kappa shape index (κ3) is 5.95. The standard InChI is InChI=1S/C28H29F3N2O4S/c29-28(30,31)15-37-23-11-10-21(19-8-4-5-9-20(19)23)24-22(12-16-6-2-1-3-7-16)33-26(38-24)25(34)32-18-13-17(14-18)27(35)36/h4-5,8-11,16-18H,1-3,6-7,12-15H2,(H,32,34)(H,35,36)/t17-,18-. The number of ether oxygens (including phenoxy) is 1. The van der Waals surface area contributed by atoms with Gasteiger partial charge in [-0.15, -0.1) is 11.3 Å². The van der Waals surface area contributed by atoms with E-state index >= 15 is 0 Å². The van der Waals surface area contributed by atoms with E-state index in [0.29, 0.717) is 29.2 Å². The molecule has 2 fully saturated rings. The topological polar surface area (TPSA) is 88.5 Å². The first-order chi connectivity index (χ1) is 18.2. The molecule has 2 aliphatic rings. The Bertz CT molecular complexity index is 1330. The predicted octanol–water partition coefficient (Wildman–Crippen LogP) is 6.62. The van der Waals surface area contributed by atoms with Crippen LogP contribution in [0.2, 0.25) is 0 Å². The summed E-state index contributed by atoms with van der Waals surface area (Å²) < 4.78 is 43.6. The summed E-state index contributed by atoms with van der Waals surface area (Å²) in [6.07, 6.45) is 2.83. The number of hydrogen-bond acceptors (Lipinski definition) is 5. The monoisotopic (exact) mass is 546 g/mol. The lowest BCUT2D eigenvalue weighted by atomic mass is 9.80. The summed E-state index contributed by atoms with van der Waals surface area (Å²) in [7, 11) is 0. The van der Waals surface area contributed by atoms with E-state index in [2.05, 4.69) is 5.32 Å². The van der Waals surface area contributed by atoms with Crippen LogP contribution in [0, 0.1) is 11.8 Å². The number of thiazole rings is 1. The number of carboxylic acid groups (broad SMARTS) is 1. The van der Waals surface area contributed by atoms with Gasteiger partial charge in [0.1, 0.15) is 5.75 Å². The van der Waals surface area contributed by atoms with Crippen LogP contribution in [0.5, 0.6) is 5.75 Å². The van der Waals surface area contributed by atoms with Crippen LogP contribution in [-0.2, 0) is 11.2 Å². The van der Waals surface area contributed by atoms with E-state index in [-0.39, 0.29) is 17.7 Å². The van der Waals surface area contributed by atoms with E-state index in [9.17, 15) is 22.8 Å². The highest BCUT2D eigenvalue weighted by atomic mass is 32.1. The van der Waals surface area contributed by atoms with Crippen molar-refractivity contribution in [2.45, 2.75) is 63.6 Å². The minimum Gasteiger partial charge on any atom is -0.483 e. The molecule has 1 heterocycles. The molecular weight excluding hydrogens is 517 g/mol. The Morgan fingerprint density at radius 2 is 1.76 bits per heavy atom. The number of rotatable bonds is 8. The number of fused-ring (bicyclic) bond motifs is 1. The second-order valence-corrected chi connectivity index (χ2v) is 11.2. The SMILES string of the molecule is O=C(N[C@H]1C[C@H](C(=O)O)C1)c1nc(CC2CCCCC2)c(-c2ccc(OCC(F)(F)F)c3ccccc23)s1. The molecule has 0 saturated heterocycles. The largest absolute Gasteiger partial charge is 0.483 e. The smallest absolute Gasteiger partial charge is 0.422 e. The number of alkyl halides is 3. The van der Waals surface area contributed by atoms with Crippen molar-refractivity contribution in [3.8, 4) is 16.2 Å². The number of benzene rings is 2. The fourth-order valence-corrected chi connectivity index (χ4v) is 6.44. The first kappa shape index (κ1) is 26.5. The van der Waals surface area contributed by atoms with E-state index in [0.717, 1.165) is 53.6 Å². The molecule has 0 radical (unpaired) electrons. The third-order valence-electron chi connectivity index (χ3n) is 7.44. The van der Waals surface area contributed by atoms with Gasteiger partial charge in [-0.2, -0.15) is 13.2 Å². The minimum atomic E-state index is -4.45. The van der Waals surface area contributed by atoms with Crippen LogP contribution in [0.15, 0.2) is 36.4 Å². The summed E-state index contributed by atoms with van der Waals surface area (Å²) in [4.78, 5) is 29.8. The average Bonchev–Trinajstić information content (AvgIpc) is 3.27. The summed E-state index contributed by atoms with van der Waals surface area (Å²) >= 11 is 1.27. The number of halogens is 3.